The lowest BCUT2D eigenvalue weighted by atomic mass is 10.5. The summed E-state index contributed by atoms with van der Waals surface area (Å²) in [6.45, 7) is 0. The van der Waals surface area contributed by atoms with Gasteiger partial charge in [0.25, 0.3) is 0 Å². The molecular weight excluding hydrogens is 324 g/mol. The Kier molecular flexibility index (Phi) is 16.5. The fraction of sp³-hybridized carbons (Fsp3) is 0.857. The maximum Gasteiger partial charge on any atom is 0.230 e. The summed E-state index contributed by atoms with van der Waals surface area (Å²) < 4.78 is 0. The number of halogens is 2. The van der Waals surface area contributed by atoms with Crippen LogP contribution in [-0.2, 0) is 26.6 Å². The largest absolute Gasteiger partial charge is 1.00 e. The Balaban J connectivity index is -0.000000405. The van der Waals surface area contributed by atoms with Crippen LogP contribution in [0.5, 0.6) is 0 Å². The van der Waals surface area contributed by atoms with Gasteiger partial charge in [0, 0.05) is 0 Å². The highest BCUT2D eigenvalue weighted by atomic mass is 79.9. The lowest BCUT2D eigenvalue weighted by Gasteiger charge is -1.94. The Labute approximate surface area is 102 Å². The molecular formula is C7H16Br2OS2. The predicted molar refractivity (Wildman–Crippen MR) is 53.2 cm³/mol. The number of carbonyl (C=O) groups is 1. The first-order chi connectivity index (χ1) is 4.52. The third-order valence-corrected chi connectivity index (χ3v) is 2.70. The highest BCUT2D eigenvalue weighted by molar-refractivity contribution is 7.97. The first kappa shape index (κ1) is 19.0. The van der Waals surface area contributed by atoms with E-state index in [4.69, 9.17) is 0 Å². The Morgan fingerprint density at radius 2 is 1.17 bits per heavy atom. The molecule has 0 spiro atoms. The molecule has 0 aromatic rings. The lowest BCUT2D eigenvalue weighted by Crippen LogP contribution is -3.00. The fourth-order valence-corrected chi connectivity index (χ4v) is 2.31. The van der Waals surface area contributed by atoms with Crippen molar-refractivity contribution in [3.8, 4) is 0 Å². The maximum atomic E-state index is 11.1. The average Bonchev–Trinajstić information content (AvgIpc) is 1.58. The average molecular weight is 340 g/mol. The molecule has 5 heteroatoms. The standard InChI is InChI=1S/C7H16OS2.2BrH/c1-9(2)5-7(8)6-10(3)4;;/h5-6H2,1-4H3;2*1H/q+2;;/p-2. The van der Waals surface area contributed by atoms with E-state index in [2.05, 4.69) is 25.0 Å². The van der Waals surface area contributed by atoms with Crippen LogP contribution in [0, 0.1) is 0 Å². The second-order valence-electron chi connectivity index (χ2n) is 2.80. The fourth-order valence-electron chi connectivity index (χ4n) is 0.686. The molecule has 0 saturated carbocycles. The summed E-state index contributed by atoms with van der Waals surface area (Å²) in [6.07, 6.45) is 8.45. The smallest absolute Gasteiger partial charge is 0.230 e. The molecule has 76 valence electrons. The monoisotopic (exact) mass is 338 g/mol. The van der Waals surface area contributed by atoms with Gasteiger partial charge in [-0.15, -0.1) is 0 Å². The molecule has 0 rings (SSSR count). The van der Waals surface area contributed by atoms with E-state index in [1.165, 1.54) is 0 Å². The summed E-state index contributed by atoms with van der Waals surface area (Å²) in [6, 6.07) is 0. The molecule has 0 fully saturated rings. The van der Waals surface area contributed by atoms with Crippen molar-refractivity contribution in [3.05, 3.63) is 0 Å². The van der Waals surface area contributed by atoms with Gasteiger partial charge in [0.15, 0.2) is 11.5 Å². The van der Waals surface area contributed by atoms with E-state index in [-0.39, 0.29) is 34.0 Å². The van der Waals surface area contributed by atoms with Crippen molar-refractivity contribution in [1.82, 2.24) is 0 Å². The van der Waals surface area contributed by atoms with Gasteiger partial charge in [-0.3, -0.25) is 4.79 Å². The van der Waals surface area contributed by atoms with Crippen LogP contribution in [0.3, 0.4) is 0 Å². The Hall–Kier alpha value is 1.33. The molecule has 0 aromatic carbocycles. The molecule has 0 bridgehead atoms. The SMILES string of the molecule is C[S+](C)CC(=O)C[S+](C)C.[Br-].[Br-]. The molecule has 0 radical (unpaired) electrons. The van der Waals surface area contributed by atoms with E-state index in [0.717, 1.165) is 11.5 Å². The summed E-state index contributed by atoms with van der Waals surface area (Å²) in [7, 11) is 0.586. The van der Waals surface area contributed by atoms with E-state index < -0.39 is 0 Å². The molecule has 0 N–H and O–H groups in total. The zero-order chi connectivity index (χ0) is 8.15. The van der Waals surface area contributed by atoms with Gasteiger partial charge < -0.3 is 34.0 Å². The van der Waals surface area contributed by atoms with Gasteiger partial charge in [0.05, 0.1) is 25.0 Å². The molecule has 0 heterocycles. The third-order valence-electron chi connectivity index (χ3n) is 0.899. The Bertz CT molecular complexity index is 106. The number of rotatable bonds is 4. The first-order valence-corrected chi connectivity index (χ1v) is 7.54. The van der Waals surface area contributed by atoms with Crippen LogP contribution in [0.15, 0.2) is 0 Å². The Morgan fingerprint density at radius 3 is 1.33 bits per heavy atom. The van der Waals surface area contributed by atoms with Gasteiger partial charge in [0.2, 0.25) is 5.78 Å². The van der Waals surface area contributed by atoms with E-state index in [1.807, 2.05) is 0 Å². The molecule has 12 heavy (non-hydrogen) atoms. The second-order valence-corrected chi connectivity index (χ2v) is 7.32. The van der Waals surface area contributed by atoms with Gasteiger partial charge in [-0.25, -0.2) is 0 Å². The van der Waals surface area contributed by atoms with Crippen molar-refractivity contribution < 1.29 is 38.8 Å². The lowest BCUT2D eigenvalue weighted by molar-refractivity contribution is -0.114. The van der Waals surface area contributed by atoms with Crippen LogP contribution in [-0.4, -0.2) is 42.3 Å². The van der Waals surface area contributed by atoms with Crippen molar-refractivity contribution in [2.45, 2.75) is 0 Å². The zero-order valence-electron chi connectivity index (χ0n) is 7.89. The minimum Gasteiger partial charge on any atom is -1.00 e. The number of ketones is 1. The molecule has 0 atom stereocenters. The normalized spacial score (nSPS) is 9.17. The van der Waals surface area contributed by atoms with Crippen molar-refractivity contribution >= 4 is 27.6 Å². The van der Waals surface area contributed by atoms with Gasteiger partial charge in [-0.2, -0.15) is 0 Å². The van der Waals surface area contributed by atoms with Gasteiger partial charge >= 0.3 is 0 Å². The van der Waals surface area contributed by atoms with Crippen molar-refractivity contribution in [3.63, 3.8) is 0 Å². The third kappa shape index (κ3) is 13.9. The van der Waals surface area contributed by atoms with Crippen LogP contribution in [0.2, 0.25) is 0 Å². The first-order valence-electron chi connectivity index (χ1n) is 3.12. The van der Waals surface area contributed by atoms with E-state index in [0.29, 0.717) is 27.6 Å². The second kappa shape index (κ2) is 10.4. The molecule has 0 aromatic heterocycles. The molecule has 1 nitrogen and oxygen atoms in total. The van der Waals surface area contributed by atoms with Crippen molar-refractivity contribution in [2.75, 3.05) is 36.5 Å². The van der Waals surface area contributed by atoms with Gasteiger partial charge in [0.1, 0.15) is 0 Å². The highest BCUT2D eigenvalue weighted by Crippen LogP contribution is 1.90. The Morgan fingerprint density at radius 1 is 0.917 bits per heavy atom. The summed E-state index contributed by atoms with van der Waals surface area (Å²) in [4.78, 5) is 11.1. The van der Waals surface area contributed by atoms with Gasteiger partial charge in [-0.1, -0.05) is 0 Å². The van der Waals surface area contributed by atoms with Crippen molar-refractivity contribution in [1.29, 1.82) is 0 Å². The van der Waals surface area contributed by atoms with E-state index in [9.17, 15) is 4.79 Å². The number of hydrogen-bond acceptors (Lipinski definition) is 1. The topological polar surface area (TPSA) is 17.1 Å². The minimum absolute atomic E-state index is 0. The molecule has 0 aliphatic heterocycles. The highest BCUT2D eigenvalue weighted by Gasteiger charge is 2.17. The molecule has 0 unspecified atom stereocenters. The van der Waals surface area contributed by atoms with Crippen LogP contribution < -0.4 is 34.0 Å². The number of carbonyl (C=O) groups excluding carboxylic acids is 1. The summed E-state index contributed by atoms with van der Waals surface area (Å²) in [5.74, 6) is 2.00. The van der Waals surface area contributed by atoms with Crippen LogP contribution in [0.4, 0.5) is 0 Å². The zero-order valence-corrected chi connectivity index (χ0v) is 12.7. The minimum atomic E-state index is 0. The molecule has 0 amide bonds. The number of Topliss-reactive ketones (excluding diaryl/α,β-unsaturated/α-hetero) is 1. The van der Waals surface area contributed by atoms with Crippen molar-refractivity contribution in [2.24, 2.45) is 0 Å². The predicted octanol–water partition coefficient (Wildman–Crippen LogP) is -5.68. The van der Waals surface area contributed by atoms with E-state index in [1.54, 1.807) is 0 Å². The summed E-state index contributed by atoms with van der Waals surface area (Å²) in [5.41, 5.74) is 0. The van der Waals surface area contributed by atoms with Crippen LogP contribution >= 0.6 is 0 Å². The maximum absolute atomic E-state index is 11.1. The molecule has 0 saturated heterocycles. The molecule has 0 aliphatic carbocycles. The summed E-state index contributed by atoms with van der Waals surface area (Å²) in [5, 5.41) is 0. The quantitative estimate of drug-likeness (QED) is 0.467. The van der Waals surface area contributed by atoms with Crippen LogP contribution in [0.25, 0.3) is 0 Å². The summed E-state index contributed by atoms with van der Waals surface area (Å²) >= 11 is 0. The molecule has 0 aliphatic rings. The van der Waals surface area contributed by atoms with Crippen LogP contribution in [0.1, 0.15) is 0 Å². The van der Waals surface area contributed by atoms with Gasteiger partial charge in [-0.05, 0) is 21.8 Å². The van der Waals surface area contributed by atoms with E-state index >= 15 is 0 Å². The number of hydrogen-bond donors (Lipinski definition) is 0.